The molecule has 178 valence electrons. The molecule has 10 heteroatoms. The topological polar surface area (TPSA) is 121 Å². The summed E-state index contributed by atoms with van der Waals surface area (Å²) in [6.07, 6.45) is 7.88. The quantitative estimate of drug-likeness (QED) is 0.295. The van der Waals surface area contributed by atoms with Crippen LogP contribution in [0.4, 0.5) is 5.95 Å². The lowest BCUT2D eigenvalue weighted by Gasteiger charge is -2.30. The third-order valence-corrected chi connectivity index (χ3v) is 5.87. The molecule has 4 rings (SSSR count). The number of amides is 1. The number of nitrogens with zero attached hydrogens (tertiary/aromatic N) is 6. The number of nitrogens with one attached hydrogen (secondary N) is 1. The number of hydroxylamine groups is 1. The standard InChI is InChI=1S/C24H29N7O3/c1-17-3-5-18(6-4-17)15-31-11-9-20(10-12-31)23-27-22(34-29-23)16-30(2)24-25-13-19(14-26-24)7-8-21(32)28-33/h3-8,13-14,20,33H,9-12,15-16H2,1-2H3,(H,28,32)/b8-7+. The van der Waals surface area contributed by atoms with E-state index < -0.39 is 5.91 Å². The second-order valence-corrected chi connectivity index (χ2v) is 8.56. The molecule has 0 aliphatic carbocycles. The third kappa shape index (κ3) is 6.24. The summed E-state index contributed by atoms with van der Waals surface area (Å²) in [6.45, 7) is 5.49. The maximum Gasteiger partial charge on any atom is 0.267 e. The molecule has 3 aromatic rings. The SMILES string of the molecule is Cc1ccc(CN2CCC(c3noc(CN(C)c4ncc(/C=C/C(=O)NO)cn4)n3)CC2)cc1. The number of carbonyl (C=O) groups excluding carboxylic acids is 1. The van der Waals surface area contributed by atoms with Gasteiger partial charge in [0.15, 0.2) is 5.82 Å². The number of hydrogen-bond donors (Lipinski definition) is 2. The van der Waals surface area contributed by atoms with Crippen molar-refractivity contribution in [3.63, 3.8) is 0 Å². The van der Waals surface area contributed by atoms with Gasteiger partial charge in [-0.2, -0.15) is 4.98 Å². The van der Waals surface area contributed by atoms with Crippen molar-refractivity contribution in [2.75, 3.05) is 25.0 Å². The minimum atomic E-state index is -0.620. The maximum absolute atomic E-state index is 11.1. The van der Waals surface area contributed by atoms with Gasteiger partial charge in [0.05, 0.1) is 6.54 Å². The fourth-order valence-electron chi connectivity index (χ4n) is 3.90. The zero-order chi connectivity index (χ0) is 23.9. The Kier molecular flexibility index (Phi) is 7.61. The van der Waals surface area contributed by atoms with E-state index >= 15 is 0 Å². The summed E-state index contributed by atoms with van der Waals surface area (Å²) in [5.41, 5.74) is 4.79. The smallest absolute Gasteiger partial charge is 0.267 e. The summed E-state index contributed by atoms with van der Waals surface area (Å²) in [5.74, 6) is 1.46. The highest BCUT2D eigenvalue weighted by Crippen LogP contribution is 2.27. The van der Waals surface area contributed by atoms with E-state index in [1.165, 1.54) is 28.8 Å². The number of anilines is 1. The van der Waals surface area contributed by atoms with Crippen LogP contribution >= 0.6 is 0 Å². The predicted octanol–water partition coefficient (Wildman–Crippen LogP) is 2.70. The largest absolute Gasteiger partial charge is 0.337 e. The third-order valence-electron chi connectivity index (χ3n) is 5.87. The van der Waals surface area contributed by atoms with E-state index in [2.05, 4.69) is 56.2 Å². The van der Waals surface area contributed by atoms with E-state index in [1.807, 2.05) is 11.9 Å². The van der Waals surface area contributed by atoms with Crippen molar-refractivity contribution in [3.8, 4) is 0 Å². The average molecular weight is 464 g/mol. The van der Waals surface area contributed by atoms with Gasteiger partial charge >= 0.3 is 0 Å². The Morgan fingerprint density at radius 3 is 2.62 bits per heavy atom. The summed E-state index contributed by atoms with van der Waals surface area (Å²) < 4.78 is 5.49. The molecule has 2 aromatic heterocycles. The molecule has 2 N–H and O–H groups in total. The molecule has 1 saturated heterocycles. The van der Waals surface area contributed by atoms with Crippen LogP contribution in [-0.4, -0.2) is 56.3 Å². The van der Waals surface area contributed by atoms with Gasteiger partial charge < -0.3 is 9.42 Å². The lowest BCUT2D eigenvalue weighted by Crippen LogP contribution is -2.32. The number of benzene rings is 1. The van der Waals surface area contributed by atoms with Gasteiger partial charge in [-0.25, -0.2) is 15.4 Å². The molecule has 0 bridgehead atoms. The molecule has 3 heterocycles. The maximum atomic E-state index is 11.1. The molecule has 0 spiro atoms. The highest BCUT2D eigenvalue weighted by molar-refractivity contribution is 5.90. The minimum absolute atomic E-state index is 0.301. The first-order chi connectivity index (χ1) is 16.5. The summed E-state index contributed by atoms with van der Waals surface area (Å²) in [4.78, 5) is 28.6. The summed E-state index contributed by atoms with van der Waals surface area (Å²) in [6, 6.07) is 8.73. The van der Waals surface area contributed by atoms with Gasteiger partial charge in [-0.05, 0) is 44.5 Å². The number of likely N-dealkylation sites (tertiary alicyclic amines) is 1. The lowest BCUT2D eigenvalue weighted by molar-refractivity contribution is -0.124. The fourth-order valence-corrected chi connectivity index (χ4v) is 3.90. The van der Waals surface area contributed by atoms with Crippen LogP contribution in [0.15, 0.2) is 47.3 Å². The number of aromatic nitrogens is 4. The van der Waals surface area contributed by atoms with Crippen LogP contribution in [0.2, 0.25) is 0 Å². The molecule has 1 amide bonds. The number of hydrogen-bond acceptors (Lipinski definition) is 9. The number of aryl methyl sites for hydroxylation is 1. The molecular formula is C24H29N7O3. The van der Waals surface area contributed by atoms with Crippen LogP contribution in [-0.2, 0) is 17.9 Å². The first-order valence-corrected chi connectivity index (χ1v) is 11.3. The van der Waals surface area contributed by atoms with Gasteiger partial charge in [0.25, 0.3) is 5.91 Å². The zero-order valence-electron chi connectivity index (χ0n) is 19.4. The van der Waals surface area contributed by atoms with Crippen molar-refractivity contribution in [1.82, 2.24) is 30.5 Å². The van der Waals surface area contributed by atoms with Crippen molar-refractivity contribution in [2.45, 2.75) is 38.8 Å². The van der Waals surface area contributed by atoms with E-state index in [4.69, 9.17) is 9.73 Å². The molecule has 1 fully saturated rings. The summed E-state index contributed by atoms with van der Waals surface area (Å²) in [5, 5.41) is 12.7. The van der Waals surface area contributed by atoms with Crippen LogP contribution < -0.4 is 10.4 Å². The van der Waals surface area contributed by atoms with Gasteiger partial charge in [0.1, 0.15) is 0 Å². The van der Waals surface area contributed by atoms with Gasteiger partial charge in [-0.1, -0.05) is 35.0 Å². The molecule has 1 aliphatic heterocycles. The van der Waals surface area contributed by atoms with Crippen molar-refractivity contribution in [2.24, 2.45) is 0 Å². The molecule has 0 saturated carbocycles. The van der Waals surface area contributed by atoms with Crippen molar-refractivity contribution < 1.29 is 14.5 Å². The molecule has 0 radical (unpaired) electrons. The summed E-state index contributed by atoms with van der Waals surface area (Å²) in [7, 11) is 1.84. The monoisotopic (exact) mass is 463 g/mol. The Hall–Kier alpha value is -3.63. The van der Waals surface area contributed by atoms with E-state index in [-0.39, 0.29) is 0 Å². The van der Waals surface area contributed by atoms with E-state index in [9.17, 15) is 4.79 Å². The van der Waals surface area contributed by atoms with Crippen molar-refractivity contribution in [1.29, 1.82) is 0 Å². The zero-order valence-corrected chi connectivity index (χ0v) is 19.4. The molecule has 1 aromatic carbocycles. The van der Waals surface area contributed by atoms with E-state index in [0.29, 0.717) is 29.9 Å². The fraction of sp³-hybridized carbons (Fsp3) is 0.375. The normalized spacial score (nSPS) is 15.0. The Morgan fingerprint density at radius 1 is 1.24 bits per heavy atom. The van der Waals surface area contributed by atoms with Gasteiger partial charge in [-0.3, -0.25) is 14.9 Å². The number of piperidine rings is 1. The molecule has 10 nitrogen and oxygen atoms in total. The predicted molar refractivity (Wildman–Crippen MR) is 126 cm³/mol. The average Bonchev–Trinajstić information content (AvgIpc) is 3.33. The highest BCUT2D eigenvalue weighted by atomic mass is 16.5. The van der Waals surface area contributed by atoms with Crippen LogP contribution in [0.3, 0.4) is 0 Å². The highest BCUT2D eigenvalue weighted by Gasteiger charge is 2.25. The Morgan fingerprint density at radius 2 is 1.94 bits per heavy atom. The molecule has 0 unspecified atom stereocenters. The molecule has 1 aliphatic rings. The van der Waals surface area contributed by atoms with E-state index in [1.54, 1.807) is 12.4 Å². The molecule has 34 heavy (non-hydrogen) atoms. The lowest BCUT2D eigenvalue weighted by atomic mass is 9.96. The second kappa shape index (κ2) is 11.0. The Balaban J connectivity index is 1.27. The van der Waals surface area contributed by atoms with Crippen LogP contribution in [0.1, 0.15) is 47.2 Å². The van der Waals surface area contributed by atoms with Crippen LogP contribution in [0, 0.1) is 6.92 Å². The molecule has 0 atom stereocenters. The summed E-state index contributed by atoms with van der Waals surface area (Å²) >= 11 is 0. The molecular weight excluding hydrogens is 434 g/mol. The first-order valence-electron chi connectivity index (χ1n) is 11.3. The number of carbonyl (C=O) groups is 1. The first kappa shape index (κ1) is 23.5. The van der Waals surface area contributed by atoms with Gasteiger partial charge in [0.2, 0.25) is 11.8 Å². The number of rotatable bonds is 8. The van der Waals surface area contributed by atoms with Gasteiger partial charge in [0, 0.05) is 43.5 Å². The van der Waals surface area contributed by atoms with Crippen molar-refractivity contribution >= 4 is 17.9 Å². The van der Waals surface area contributed by atoms with E-state index in [0.717, 1.165) is 38.3 Å². The Bertz CT molecular complexity index is 1100. The second-order valence-electron chi connectivity index (χ2n) is 8.56. The van der Waals surface area contributed by atoms with Gasteiger partial charge in [-0.15, -0.1) is 0 Å². The van der Waals surface area contributed by atoms with Crippen molar-refractivity contribution in [3.05, 3.63) is 71.1 Å². The minimum Gasteiger partial charge on any atom is -0.337 e. The van der Waals surface area contributed by atoms with Crippen LogP contribution in [0.25, 0.3) is 6.08 Å². The van der Waals surface area contributed by atoms with Crippen LogP contribution in [0.5, 0.6) is 0 Å². The Labute approximate surface area is 198 Å².